The van der Waals surface area contributed by atoms with Crippen molar-refractivity contribution in [1.82, 2.24) is 0 Å². The number of aliphatic hydroxyl groups is 1. The summed E-state index contributed by atoms with van der Waals surface area (Å²) < 4.78 is 4.99. The van der Waals surface area contributed by atoms with Crippen LogP contribution in [0.25, 0.3) is 0 Å². The number of hydrogen-bond donors (Lipinski definition) is 1. The molecule has 0 bridgehead atoms. The van der Waals surface area contributed by atoms with E-state index in [4.69, 9.17) is 9.84 Å². The van der Waals surface area contributed by atoms with Gasteiger partial charge in [0.1, 0.15) is 5.75 Å². The molecule has 1 N–H and O–H groups in total. The summed E-state index contributed by atoms with van der Waals surface area (Å²) in [6.45, 7) is 3.49. The zero-order valence-electron chi connectivity index (χ0n) is 6.16. The van der Waals surface area contributed by atoms with Crippen LogP contribution in [-0.2, 0) is 6.61 Å². The Kier molecular flexibility index (Phi) is 2.69. The highest BCUT2D eigenvalue weighted by Gasteiger charge is 1.90. The first-order valence-electron chi connectivity index (χ1n) is 3.34. The molecule has 1 aromatic rings. The number of hydrogen-bond acceptors (Lipinski definition) is 2. The molecule has 0 aromatic heterocycles. The largest absolute Gasteiger partial charge is 0.466 e. The zero-order chi connectivity index (χ0) is 8.10. The highest BCUT2D eigenvalue weighted by Crippen LogP contribution is 2.11. The lowest BCUT2D eigenvalue weighted by atomic mass is 10.2. The molecule has 2 nitrogen and oxygen atoms in total. The lowest BCUT2D eigenvalue weighted by molar-refractivity contribution is 0.281. The van der Waals surface area contributed by atoms with E-state index in [1.165, 1.54) is 6.26 Å². The Bertz CT molecular complexity index is 226. The van der Waals surface area contributed by atoms with Crippen LogP contribution >= 0.6 is 0 Å². The molecule has 0 saturated carbocycles. The lowest BCUT2D eigenvalue weighted by Crippen LogP contribution is -1.83. The van der Waals surface area contributed by atoms with Gasteiger partial charge in [0.25, 0.3) is 0 Å². The second kappa shape index (κ2) is 3.78. The fraction of sp³-hybridized carbons (Fsp3) is 0.111. The van der Waals surface area contributed by atoms with Crippen LogP contribution in [0.15, 0.2) is 37.1 Å². The minimum atomic E-state index is 0.0639. The maximum atomic E-state index is 8.70. The molecule has 58 valence electrons. The maximum Gasteiger partial charge on any atom is 0.126 e. The molecule has 0 spiro atoms. The molecular formula is C9H10O2. The monoisotopic (exact) mass is 150 g/mol. The van der Waals surface area contributed by atoms with E-state index in [9.17, 15) is 0 Å². The van der Waals surface area contributed by atoms with Gasteiger partial charge < -0.3 is 9.84 Å². The van der Waals surface area contributed by atoms with Crippen LogP contribution in [0.3, 0.4) is 0 Å². The van der Waals surface area contributed by atoms with E-state index >= 15 is 0 Å². The van der Waals surface area contributed by atoms with Crippen LogP contribution in [0.1, 0.15) is 5.56 Å². The van der Waals surface area contributed by atoms with Crippen molar-refractivity contribution in [2.45, 2.75) is 6.61 Å². The quantitative estimate of drug-likeness (QED) is 0.664. The molecule has 0 radical (unpaired) electrons. The van der Waals surface area contributed by atoms with E-state index < -0.39 is 0 Å². The number of ether oxygens (including phenoxy) is 1. The Balaban J connectivity index is 2.74. The van der Waals surface area contributed by atoms with Gasteiger partial charge in [-0.25, -0.2) is 0 Å². The molecule has 0 amide bonds. The fourth-order valence-electron chi connectivity index (χ4n) is 0.770. The molecular weight excluding hydrogens is 140 g/mol. The molecule has 0 aliphatic carbocycles. The van der Waals surface area contributed by atoms with Crippen LogP contribution in [-0.4, -0.2) is 5.11 Å². The zero-order valence-corrected chi connectivity index (χ0v) is 6.16. The second-order valence-electron chi connectivity index (χ2n) is 2.09. The van der Waals surface area contributed by atoms with Gasteiger partial charge in [-0.3, -0.25) is 0 Å². The van der Waals surface area contributed by atoms with Gasteiger partial charge in [-0.1, -0.05) is 18.7 Å². The summed E-state index contributed by atoms with van der Waals surface area (Å²) in [5, 5.41) is 8.70. The molecule has 0 heterocycles. The van der Waals surface area contributed by atoms with Crippen LogP contribution in [0.5, 0.6) is 5.75 Å². The van der Waals surface area contributed by atoms with Crippen molar-refractivity contribution in [2.24, 2.45) is 0 Å². The Labute approximate surface area is 65.7 Å². The predicted octanol–water partition coefficient (Wildman–Crippen LogP) is 1.70. The Morgan fingerprint density at radius 3 is 2.45 bits per heavy atom. The first-order valence-corrected chi connectivity index (χ1v) is 3.34. The molecule has 2 heteroatoms. The Morgan fingerprint density at radius 1 is 1.36 bits per heavy atom. The highest BCUT2D eigenvalue weighted by atomic mass is 16.5. The van der Waals surface area contributed by atoms with Gasteiger partial charge in [0.2, 0.25) is 0 Å². The summed E-state index contributed by atoms with van der Waals surface area (Å²) in [6, 6.07) is 7.18. The van der Waals surface area contributed by atoms with Crippen LogP contribution in [0.4, 0.5) is 0 Å². The van der Waals surface area contributed by atoms with E-state index in [0.29, 0.717) is 0 Å². The molecule has 0 aliphatic heterocycles. The standard InChI is InChI=1S/C9H10O2/c1-2-11-9-5-3-8(7-10)4-6-9/h2-6,10H,1,7H2. The topological polar surface area (TPSA) is 29.5 Å². The van der Waals surface area contributed by atoms with Crippen molar-refractivity contribution in [3.8, 4) is 5.75 Å². The van der Waals surface area contributed by atoms with Gasteiger partial charge in [-0.2, -0.15) is 0 Å². The third kappa shape index (κ3) is 2.09. The minimum Gasteiger partial charge on any atom is -0.466 e. The van der Waals surface area contributed by atoms with E-state index in [-0.39, 0.29) is 6.61 Å². The van der Waals surface area contributed by atoms with Gasteiger partial charge in [-0.05, 0) is 17.7 Å². The molecule has 0 saturated heterocycles. The molecule has 1 aromatic carbocycles. The van der Waals surface area contributed by atoms with Gasteiger partial charge >= 0.3 is 0 Å². The van der Waals surface area contributed by atoms with Crippen molar-refractivity contribution in [3.63, 3.8) is 0 Å². The first-order chi connectivity index (χ1) is 5.36. The Hall–Kier alpha value is -1.28. The molecule has 0 fully saturated rings. The lowest BCUT2D eigenvalue weighted by Gasteiger charge is -1.99. The van der Waals surface area contributed by atoms with Crippen molar-refractivity contribution in [3.05, 3.63) is 42.7 Å². The van der Waals surface area contributed by atoms with Gasteiger partial charge in [0.05, 0.1) is 12.9 Å². The Morgan fingerprint density at radius 2 is 2.00 bits per heavy atom. The minimum absolute atomic E-state index is 0.0639. The van der Waals surface area contributed by atoms with Crippen molar-refractivity contribution < 1.29 is 9.84 Å². The predicted molar refractivity (Wildman–Crippen MR) is 43.2 cm³/mol. The van der Waals surface area contributed by atoms with Gasteiger partial charge in [-0.15, -0.1) is 0 Å². The maximum absolute atomic E-state index is 8.70. The van der Waals surface area contributed by atoms with E-state index in [0.717, 1.165) is 11.3 Å². The SMILES string of the molecule is C=COc1ccc(CO)cc1. The fourth-order valence-corrected chi connectivity index (χ4v) is 0.770. The van der Waals surface area contributed by atoms with Crippen LogP contribution in [0.2, 0.25) is 0 Å². The summed E-state index contributed by atoms with van der Waals surface area (Å²) in [5.41, 5.74) is 0.876. The number of aliphatic hydroxyl groups excluding tert-OH is 1. The van der Waals surface area contributed by atoms with Crippen LogP contribution in [0, 0.1) is 0 Å². The second-order valence-corrected chi connectivity index (χ2v) is 2.09. The highest BCUT2D eigenvalue weighted by molar-refractivity contribution is 5.27. The normalized spacial score (nSPS) is 9.18. The average molecular weight is 150 g/mol. The van der Waals surface area contributed by atoms with E-state index in [1.807, 2.05) is 0 Å². The molecule has 0 aliphatic rings. The number of rotatable bonds is 3. The van der Waals surface area contributed by atoms with Crippen molar-refractivity contribution in [2.75, 3.05) is 0 Å². The summed E-state index contributed by atoms with van der Waals surface area (Å²) in [7, 11) is 0. The summed E-state index contributed by atoms with van der Waals surface area (Å²) in [4.78, 5) is 0. The smallest absolute Gasteiger partial charge is 0.126 e. The summed E-state index contributed by atoms with van der Waals surface area (Å²) in [5.74, 6) is 0.734. The number of benzene rings is 1. The molecule has 0 atom stereocenters. The van der Waals surface area contributed by atoms with E-state index in [1.54, 1.807) is 24.3 Å². The summed E-state index contributed by atoms with van der Waals surface area (Å²) >= 11 is 0. The van der Waals surface area contributed by atoms with Crippen molar-refractivity contribution in [1.29, 1.82) is 0 Å². The molecule has 11 heavy (non-hydrogen) atoms. The molecule has 0 unspecified atom stereocenters. The van der Waals surface area contributed by atoms with Gasteiger partial charge in [0.15, 0.2) is 0 Å². The van der Waals surface area contributed by atoms with E-state index in [2.05, 4.69) is 6.58 Å². The van der Waals surface area contributed by atoms with Gasteiger partial charge in [0, 0.05) is 0 Å². The van der Waals surface area contributed by atoms with Crippen LogP contribution < -0.4 is 4.74 Å². The average Bonchev–Trinajstić information content (AvgIpc) is 2.07. The third-order valence-corrected chi connectivity index (χ3v) is 1.33. The van der Waals surface area contributed by atoms with Crippen molar-refractivity contribution >= 4 is 0 Å². The third-order valence-electron chi connectivity index (χ3n) is 1.33. The molecule has 1 rings (SSSR count). The first kappa shape index (κ1) is 7.82. The summed E-state index contributed by atoms with van der Waals surface area (Å²) in [6.07, 6.45) is 1.37.